The molecular formula is C13H19NO2. The number of hydrogen-bond acceptors (Lipinski definition) is 3. The Labute approximate surface area is 96.6 Å². The highest BCUT2D eigenvalue weighted by molar-refractivity contribution is 5.75. The zero-order chi connectivity index (χ0) is 12.2. The Morgan fingerprint density at radius 2 is 1.94 bits per heavy atom. The first-order valence-electron chi connectivity index (χ1n) is 5.36. The molecule has 0 aliphatic heterocycles. The molecule has 2 N–H and O–H groups in total. The Morgan fingerprint density at radius 1 is 1.38 bits per heavy atom. The molecule has 1 atom stereocenters. The van der Waals surface area contributed by atoms with Crippen LogP contribution in [-0.4, -0.2) is 13.1 Å². The molecule has 88 valence electrons. The minimum Gasteiger partial charge on any atom is -0.469 e. The SMILES string of the molecule is COC(=O)C(C)(C)CC(N)c1ccccc1. The average Bonchev–Trinajstić information content (AvgIpc) is 2.28. The van der Waals surface area contributed by atoms with Gasteiger partial charge in [-0.05, 0) is 25.8 Å². The summed E-state index contributed by atoms with van der Waals surface area (Å²) in [7, 11) is 1.40. The first-order valence-corrected chi connectivity index (χ1v) is 5.36. The molecule has 0 spiro atoms. The van der Waals surface area contributed by atoms with E-state index in [2.05, 4.69) is 0 Å². The second kappa shape index (κ2) is 5.12. The maximum Gasteiger partial charge on any atom is 0.311 e. The molecule has 1 aromatic carbocycles. The van der Waals surface area contributed by atoms with Crippen LogP contribution in [0.3, 0.4) is 0 Å². The van der Waals surface area contributed by atoms with Gasteiger partial charge in [0.25, 0.3) is 0 Å². The number of carbonyl (C=O) groups excluding carboxylic acids is 1. The van der Waals surface area contributed by atoms with E-state index in [1.54, 1.807) is 0 Å². The van der Waals surface area contributed by atoms with E-state index < -0.39 is 5.41 Å². The van der Waals surface area contributed by atoms with Gasteiger partial charge in [0, 0.05) is 6.04 Å². The van der Waals surface area contributed by atoms with E-state index in [0.29, 0.717) is 6.42 Å². The van der Waals surface area contributed by atoms with Crippen molar-refractivity contribution in [3.8, 4) is 0 Å². The van der Waals surface area contributed by atoms with Gasteiger partial charge in [-0.15, -0.1) is 0 Å². The van der Waals surface area contributed by atoms with Gasteiger partial charge in [0.15, 0.2) is 0 Å². The highest BCUT2D eigenvalue weighted by Crippen LogP contribution is 2.29. The van der Waals surface area contributed by atoms with Gasteiger partial charge in [-0.2, -0.15) is 0 Å². The van der Waals surface area contributed by atoms with Gasteiger partial charge < -0.3 is 10.5 Å². The van der Waals surface area contributed by atoms with Crippen LogP contribution in [0.25, 0.3) is 0 Å². The summed E-state index contributed by atoms with van der Waals surface area (Å²) in [5.74, 6) is -0.223. The molecule has 0 saturated carbocycles. The average molecular weight is 221 g/mol. The maximum absolute atomic E-state index is 11.5. The van der Waals surface area contributed by atoms with Crippen LogP contribution >= 0.6 is 0 Å². The smallest absolute Gasteiger partial charge is 0.311 e. The lowest BCUT2D eigenvalue weighted by molar-refractivity contribution is -0.151. The van der Waals surface area contributed by atoms with Crippen molar-refractivity contribution in [3.63, 3.8) is 0 Å². The van der Waals surface area contributed by atoms with E-state index in [-0.39, 0.29) is 12.0 Å². The van der Waals surface area contributed by atoms with Crippen LogP contribution in [0.4, 0.5) is 0 Å². The number of ether oxygens (including phenoxy) is 1. The summed E-state index contributed by atoms with van der Waals surface area (Å²) in [6.07, 6.45) is 0.573. The number of methoxy groups -OCH3 is 1. The topological polar surface area (TPSA) is 52.3 Å². The zero-order valence-corrected chi connectivity index (χ0v) is 10.1. The summed E-state index contributed by atoms with van der Waals surface area (Å²) >= 11 is 0. The molecule has 0 amide bonds. The molecule has 0 radical (unpaired) electrons. The Hall–Kier alpha value is -1.35. The van der Waals surface area contributed by atoms with Crippen LogP contribution in [-0.2, 0) is 9.53 Å². The third-order valence-electron chi connectivity index (χ3n) is 2.70. The Kier molecular flexibility index (Phi) is 4.07. The van der Waals surface area contributed by atoms with Gasteiger partial charge in [-0.1, -0.05) is 30.3 Å². The first-order chi connectivity index (χ1) is 7.47. The second-order valence-electron chi connectivity index (χ2n) is 4.60. The molecule has 0 fully saturated rings. The number of nitrogens with two attached hydrogens (primary N) is 1. The lowest BCUT2D eigenvalue weighted by atomic mass is 9.84. The molecule has 1 rings (SSSR count). The van der Waals surface area contributed by atoms with Crippen LogP contribution < -0.4 is 5.73 Å². The zero-order valence-electron chi connectivity index (χ0n) is 10.1. The number of benzene rings is 1. The van der Waals surface area contributed by atoms with Crippen LogP contribution in [0, 0.1) is 5.41 Å². The Balaban J connectivity index is 2.71. The van der Waals surface area contributed by atoms with Crippen molar-refractivity contribution >= 4 is 5.97 Å². The van der Waals surface area contributed by atoms with Gasteiger partial charge in [-0.25, -0.2) is 0 Å². The normalized spacial score (nSPS) is 13.2. The largest absolute Gasteiger partial charge is 0.469 e. The fourth-order valence-corrected chi connectivity index (χ4v) is 1.73. The van der Waals surface area contributed by atoms with Gasteiger partial charge in [0.1, 0.15) is 0 Å². The van der Waals surface area contributed by atoms with Crippen molar-refractivity contribution in [3.05, 3.63) is 35.9 Å². The van der Waals surface area contributed by atoms with E-state index in [4.69, 9.17) is 10.5 Å². The van der Waals surface area contributed by atoms with E-state index in [1.165, 1.54) is 7.11 Å². The van der Waals surface area contributed by atoms with Crippen molar-refractivity contribution in [2.24, 2.45) is 11.1 Å². The number of hydrogen-bond donors (Lipinski definition) is 1. The fraction of sp³-hybridized carbons (Fsp3) is 0.462. The monoisotopic (exact) mass is 221 g/mol. The molecule has 0 aromatic heterocycles. The molecule has 16 heavy (non-hydrogen) atoms. The molecule has 0 saturated heterocycles. The molecule has 0 aliphatic rings. The van der Waals surface area contributed by atoms with E-state index in [1.807, 2.05) is 44.2 Å². The molecule has 1 unspecified atom stereocenters. The highest BCUT2D eigenvalue weighted by atomic mass is 16.5. The van der Waals surface area contributed by atoms with Crippen LogP contribution in [0.1, 0.15) is 31.9 Å². The summed E-state index contributed by atoms with van der Waals surface area (Å²) < 4.78 is 4.76. The fourth-order valence-electron chi connectivity index (χ4n) is 1.73. The molecule has 1 aromatic rings. The first kappa shape index (κ1) is 12.7. The van der Waals surface area contributed by atoms with Crippen molar-refractivity contribution < 1.29 is 9.53 Å². The van der Waals surface area contributed by atoms with Gasteiger partial charge in [0.05, 0.1) is 12.5 Å². The van der Waals surface area contributed by atoms with E-state index in [9.17, 15) is 4.79 Å². The van der Waals surface area contributed by atoms with Crippen molar-refractivity contribution in [1.82, 2.24) is 0 Å². The standard InChI is InChI=1S/C13H19NO2/c1-13(2,12(15)16-3)9-11(14)10-7-5-4-6-8-10/h4-8,11H,9,14H2,1-3H3. The van der Waals surface area contributed by atoms with Crippen LogP contribution in [0.2, 0.25) is 0 Å². The molecule has 3 heteroatoms. The molecule has 0 bridgehead atoms. The third kappa shape index (κ3) is 3.07. The lowest BCUT2D eigenvalue weighted by Gasteiger charge is -2.25. The van der Waals surface area contributed by atoms with Crippen LogP contribution in [0.15, 0.2) is 30.3 Å². The van der Waals surface area contributed by atoms with Gasteiger partial charge >= 0.3 is 5.97 Å². The van der Waals surface area contributed by atoms with Crippen molar-refractivity contribution in [2.45, 2.75) is 26.3 Å². The van der Waals surface area contributed by atoms with Crippen LogP contribution in [0.5, 0.6) is 0 Å². The van der Waals surface area contributed by atoms with Gasteiger partial charge in [-0.3, -0.25) is 4.79 Å². The minimum atomic E-state index is -0.552. The second-order valence-corrected chi connectivity index (χ2v) is 4.60. The summed E-state index contributed by atoms with van der Waals surface area (Å²) in [6, 6.07) is 9.63. The lowest BCUT2D eigenvalue weighted by Crippen LogP contribution is -2.30. The minimum absolute atomic E-state index is 0.143. The summed E-state index contributed by atoms with van der Waals surface area (Å²) in [4.78, 5) is 11.5. The Morgan fingerprint density at radius 3 is 2.44 bits per heavy atom. The van der Waals surface area contributed by atoms with Gasteiger partial charge in [0.2, 0.25) is 0 Å². The molecule has 0 heterocycles. The maximum atomic E-state index is 11.5. The number of rotatable bonds is 4. The summed E-state index contributed by atoms with van der Waals surface area (Å²) in [5, 5.41) is 0. The summed E-state index contributed by atoms with van der Waals surface area (Å²) in [5.41, 5.74) is 6.56. The number of carbonyl (C=O) groups is 1. The van der Waals surface area contributed by atoms with Crippen molar-refractivity contribution in [2.75, 3.05) is 7.11 Å². The molecule has 3 nitrogen and oxygen atoms in total. The Bertz CT molecular complexity index is 346. The molecular weight excluding hydrogens is 202 g/mol. The van der Waals surface area contributed by atoms with Crippen molar-refractivity contribution in [1.29, 1.82) is 0 Å². The third-order valence-corrected chi connectivity index (χ3v) is 2.70. The summed E-state index contributed by atoms with van der Waals surface area (Å²) in [6.45, 7) is 3.70. The van der Waals surface area contributed by atoms with E-state index in [0.717, 1.165) is 5.56 Å². The predicted molar refractivity (Wildman–Crippen MR) is 63.8 cm³/mol. The molecule has 0 aliphatic carbocycles. The van der Waals surface area contributed by atoms with E-state index >= 15 is 0 Å². The quantitative estimate of drug-likeness (QED) is 0.793. The number of esters is 1. The highest BCUT2D eigenvalue weighted by Gasteiger charge is 2.31. The predicted octanol–water partition coefficient (Wildman–Crippen LogP) is 2.28.